The van der Waals surface area contributed by atoms with Gasteiger partial charge in [-0.05, 0) is 12.2 Å². The third-order valence-electron chi connectivity index (χ3n) is 7.36. The minimum Gasteiger partial charge on any atom is -0.481 e. The van der Waals surface area contributed by atoms with E-state index in [0.29, 0.717) is 17.1 Å². The minimum absolute atomic E-state index is 0.00546. The number of carbonyl (C=O) groups is 3. The average Bonchev–Trinajstić information content (AvgIpc) is 3.74. The second-order valence-corrected chi connectivity index (χ2v) is 12.0. The third kappa shape index (κ3) is 11.4. The first kappa shape index (κ1) is 30.6. The van der Waals surface area contributed by atoms with E-state index in [0.717, 1.165) is 45.0 Å². The lowest BCUT2D eigenvalue weighted by molar-refractivity contribution is -0.134. The molecule has 214 valence electrons. The molecule has 0 aromatic carbocycles. The van der Waals surface area contributed by atoms with Crippen molar-refractivity contribution in [2.24, 2.45) is 0 Å². The monoisotopic (exact) mass is 547 g/mol. The first-order valence-corrected chi connectivity index (χ1v) is 16.3. The van der Waals surface area contributed by atoms with Crippen molar-refractivity contribution < 1.29 is 19.5 Å². The van der Waals surface area contributed by atoms with E-state index in [-0.39, 0.29) is 17.3 Å². The summed E-state index contributed by atoms with van der Waals surface area (Å²) in [6.45, 7) is 7.68. The van der Waals surface area contributed by atoms with Crippen LogP contribution in [0, 0.1) is 0 Å². The highest BCUT2D eigenvalue weighted by atomic mass is 32.2. The van der Waals surface area contributed by atoms with Gasteiger partial charge in [0.15, 0.2) is 0 Å². The summed E-state index contributed by atoms with van der Waals surface area (Å²) in [6.07, 6.45) is 20.8. The van der Waals surface area contributed by atoms with Crippen molar-refractivity contribution in [1.82, 2.24) is 14.7 Å². The van der Waals surface area contributed by atoms with Crippen LogP contribution in [0.1, 0.15) is 96.8 Å². The lowest BCUT2D eigenvalue weighted by Gasteiger charge is -2.21. The van der Waals surface area contributed by atoms with Crippen LogP contribution >= 0.6 is 11.8 Å². The minimum atomic E-state index is -0.689. The standard InChI is InChI=1S/C18H36O2S.C12H13N3O2/c1-2-3-4-5-6-7-8-9-10-11-12-13-14-15-16-21-17-18(19)20;16-9-7-8(13-1-2-13)12(17)11(15-5-6-15)10(9)14-3-4-14/h2-17H2,1H3,(H,19,20);7H,1-6H2. The van der Waals surface area contributed by atoms with Crippen LogP contribution in [-0.4, -0.2) is 88.1 Å². The van der Waals surface area contributed by atoms with Crippen molar-refractivity contribution in [1.29, 1.82) is 0 Å². The Morgan fingerprint density at radius 1 is 0.711 bits per heavy atom. The maximum absolute atomic E-state index is 12.4. The Kier molecular flexibility index (Phi) is 13.6. The molecule has 0 atom stereocenters. The lowest BCUT2D eigenvalue weighted by atomic mass is 10.0. The first-order valence-electron chi connectivity index (χ1n) is 15.1. The Morgan fingerprint density at radius 3 is 1.61 bits per heavy atom. The highest BCUT2D eigenvalue weighted by molar-refractivity contribution is 7.99. The molecule has 4 rings (SSSR count). The molecule has 38 heavy (non-hydrogen) atoms. The molecule has 0 bridgehead atoms. The van der Waals surface area contributed by atoms with E-state index in [9.17, 15) is 14.4 Å². The normalized spacial score (nSPS) is 17.9. The van der Waals surface area contributed by atoms with Gasteiger partial charge in [-0.15, -0.1) is 0 Å². The fourth-order valence-electron chi connectivity index (χ4n) is 4.83. The topological polar surface area (TPSA) is 80.5 Å². The van der Waals surface area contributed by atoms with Crippen LogP contribution in [0.15, 0.2) is 23.2 Å². The van der Waals surface area contributed by atoms with Gasteiger partial charge in [-0.2, -0.15) is 11.8 Å². The van der Waals surface area contributed by atoms with Gasteiger partial charge in [-0.3, -0.25) is 14.4 Å². The largest absolute Gasteiger partial charge is 0.481 e. The number of nitrogens with zero attached hydrogens (tertiary/aromatic N) is 3. The number of carbonyl (C=O) groups excluding carboxylic acids is 2. The van der Waals surface area contributed by atoms with Gasteiger partial charge in [0.05, 0.1) is 11.4 Å². The van der Waals surface area contributed by atoms with E-state index in [1.807, 2.05) is 14.7 Å². The number of aliphatic carboxylic acids is 1. The van der Waals surface area contributed by atoms with Crippen LogP contribution in [0.5, 0.6) is 0 Å². The fraction of sp³-hybridized carbons (Fsp3) is 0.767. The van der Waals surface area contributed by atoms with Gasteiger partial charge in [0.25, 0.3) is 0 Å². The van der Waals surface area contributed by atoms with Gasteiger partial charge in [0.2, 0.25) is 11.6 Å². The molecule has 8 heteroatoms. The molecule has 7 nitrogen and oxygen atoms in total. The average molecular weight is 548 g/mol. The number of rotatable bonds is 20. The molecule has 0 aromatic rings. The summed E-state index contributed by atoms with van der Waals surface area (Å²) in [5.41, 5.74) is 1.89. The summed E-state index contributed by atoms with van der Waals surface area (Å²) in [5, 5.41) is 8.51. The van der Waals surface area contributed by atoms with Crippen molar-refractivity contribution >= 4 is 29.3 Å². The van der Waals surface area contributed by atoms with E-state index in [4.69, 9.17) is 5.11 Å². The number of hydrogen-bond acceptors (Lipinski definition) is 7. The molecular weight excluding hydrogens is 498 g/mol. The molecule has 1 N–H and O–H groups in total. The fourth-order valence-corrected chi connectivity index (χ4v) is 5.56. The Morgan fingerprint density at radius 2 is 1.16 bits per heavy atom. The Hall–Kier alpha value is -1.96. The molecule has 3 aliphatic heterocycles. The van der Waals surface area contributed by atoms with Gasteiger partial charge >= 0.3 is 5.97 Å². The van der Waals surface area contributed by atoms with E-state index >= 15 is 0 Å². The second-order valence-electron chi connectivity index (χ2n) is 10.9. The van der Waals surface area contributed by atoms with Gasteiger partial charge < -0.3 is 19.8 Å². The molecule has 0 radical (unpaired) electrons. The number of carboxylic acid groups (broad SMARTS) is 1. The SMILES string of the molecule is CCCCCCCCCCCCCCCCSCC(=O)O.O=C1C=C(N2CC2)C(=O)C(N2CC2)=C1N1CC1. The quantitative estimate of drug-likeness (QED) is 0.122. The molecule has 0 aromatic heterocycles. The van der Waals surface area contributed by atoms with Crippen LogP contribution in [-0.2, 0) is 14.4 Å². The van der Waals surface area contributed by atoms with Crippen molar-refractivity contribution in [2.45, 2.75) is 96.8 Å². The van der Waals surface area contributed by atoms with Crippen LogP contribution in [0.3, 0.4) is 0 Å². The number of ketones is 2. The molecule has 1 aliphatic carbocycles. The van der Waals surface area contributed by atoms with Crippen molar-refractivity contribution in [3.05, 3.63) is 23.2 Å². The van der Waals surface area contributed by atoms with E-state index in [1.165, 1.54) is 96.0 Å². The van der Waals surface area contributed by atoms with E-state index < -0.39 is 5.97 Å². The maximum atomic E-state index is 12.4. The van der Waals surface area contributed by atoms with Gasteiger partial charge in [-0.25, -0.2) is 0 Å². The number of Topliss-reactive ketones (excluding diaryl/α,β-unsaturated/α-hetero) is 1. The molecule has 0 spiro atoms. The van der Waals surface area contributed by atoms with Crippen LogP contribution < -0.4 is 0 Å². The Labute approximate surface area is 234 Å². The van der Waals surface area contributed by atoms with Crippen LogP contribution in [0.4, 0.5) is 0 Å². The van der Waals surface area contributed by atoms with Gasteiger partial charge in [-0.1, -0.05) is 90.4 Å². The first-order chi connectivity index (χ1) is 18.5. The summed E-state index contributed by atoms with van der Waals surface area (Å²) >= 11 is 1.55. The molecule has 3 heterocycles. The molecule has 0 saturated carbocycles. The van der Waals surface area contributed by atoms with Gasteiger partial charge in [0.1, 0.15) is 11.4 Å². The Bertz CT molecular complexity index is 844. The van der Waals surface area contributed by atoms with Crippen molar-refractivity contribution in [3.63, 3.8) is 0 Å². The third-order valence-corrected chi connectivity index (χ3v) is 8.38. The van der Waals surface area contributed by atoms with Crippen molar-refractivity contribution in [3.8, 4) is 0 Å². The zero-order valence-electron chi connectivity index (χ0n) is 23.6. The summed E-state index contributed by atoms with van der Waals surface area (Å²) in [4.78, 5) is 40.8. The number of carboxylic acids is 1. The lowest BCUT2D eigenvalue weighted by Crippen LogP contribution is -2.29. The smallest absolute Gasteiger partial charge is 0.313 e. The number of unbranched alkanes of at least 4 members (excludes halogenated alkanes) is 13. The molecule has 4 aliphatic rings. The summed E-state index contributed by atoms with van der Waals surface area (Å²) in [7, 11) is 0. The number of thioether (sulfide) groups is 1. The molecule has 0 amide bonds. The zero-order valence-corrected chi connectivity index (χ0v) is 24.4. The molecule has 3 saturated heterocycles. The Balaban J connectivity index is 0.000000213. The number of allylic oxidation sites excluding steroid dienone is 1. The number of hydrogen-bond donors (Lipinski definition) is 1. The summed E-state index contributed by atoms with van der Waals surface area (Å²) < 4.78 is 0. The molecule has 3 fully saturated rings. The van der Waals surface area contributed by atoms with Crippen LogP contribution in [0.2, 0.25) is 0 Å². The highest BCUT2D eigenvalue weighted by Gasteiger charge is 2.43. The zero-order chi connectivity index (χ0) is 27.2. The van der Waals surface area contributed by atoms with Crippen LogP contribution in [0.25, 0.3) is 0 Å². The second kappa shape index (κ2) is 16.9. The van der Waals surface area contributed by atoms with E-state index in [1.54, 1.807) is 11.8 Å². The molecular formula is C30H49N3O4S. The predicted octanol–water partition coefficient (Wildman–Crippen LogP) is 5.47. The summed E-state index contributed by atoms with van der Waals surface area (Å²) in [6, 6.07) is 0. The van der Waals surface area contributed by atoms with Crippen molar-refractivity contribution in [2.75, 3.05) is 50.8 Å². The predicted molar refractivity (Wildman–Crippen MR) is 155 cm³/mol. The summed E-state index contributed by atoms with van der Waals surface area (Å²) in [5.74, 6) is 0.626. The van der Waals surface area contributed by atoms with Gasteiger partial charge in [0, 0.05) is 45.3 Å². The molecule has 0 unspecified atom stereocenters. The highest BCUT2D eigenvalue weighted by Crippen LogP contribution is 2.34. The maximum Gasteiger partial charge on any atom is 0.313 e. The van der Waals surface area contributed by atoms with E-state index in [2.05, 4.69) is 6.92 Å².